The van der Waals surface area contributed by atoms with Crippen LogP contribution in [0.25, 0.3) is 0 Å². The average Bonchev–Trinajstić information content (AvgIpc) is 2.11. The molecular weight excluding hydrogens is 148 g/mol. The van der Waals surface area contributed by atoms with Crippen molar-refractivity contribution in [3.63, 3.8) is 0 Å². The topological polar surface area (TPSA) is 20.2 Å². The summed E-state index contributed by atoms with van der Waals surface area (Å²) < 4.78 is 0. The Morgan fingerprint density at radius 3 is 1.92 bits per heavy atom. The standard InChI is InChI=1S/C11H12O/c1-4-6-8-11(3,10-12)9-7-5-2/h4-5,12H,1-2,10H2,3H3. The smallest absolute Gasteiger partial charge is 0.113 e. The van der Waals surface area contributed by atoms with Crippen molar-refractivity contribution in [3.05, 3.63) is 25.3 Å². The molecule has 0 unspecified atom stereocenters. The summed E-state index contributed by atoms with van der Waals surface area (Å²) in [5.41, 5.74) is -0.664. The first-order chi connectivity index (χ1) is 5.68. The molecule has 0 aliphatic rings. The monoisotopic (exact) mass is 160 g/mol. The molecule has 0 aliphatic heterocycles. The molecule has 0 spiro atoms. The van der Waals surface area contributed by atoms with Crippen LogP contribution in [-0.4, -0.2) is 11.7 Å². The van der Waals surface area contributed by atoms with Gasteiger partial charge in [-0.2, -0.15) is 0 Å². The summed E-state index contributed by atoms with van der Waals surface area (Å²) in [5.74, 6) is 10.9. The molecule has 0 bridgehead atoms. The Bertz CT molecular complexity index is 252. The predicted molar refractivity (Wildman–Crippen MR) is 51.1 cm³/mol. The van der Waals surface area contributed by atoms with E-state index in [-0.39, 0.29) is 6.61 Å². The average molecular weight is 160 g/mol. The first-order valence-corrected chi connectivity index (χ1v) is 3.56. The van der Waals surface area contributed by atoms with Gasteiger partial charge in [0.1, 0.15) is 5.41 Å². The second-order valence-corrected chi connectivity index (χ2v) is 2.44. The lowest BCUT2D eigenvalue weighted by molar-refractivity contribution is 0.232. The van der Waals surface area contributed by atoms with E-state index in [0.717, 1.165) is 0 Å². The van der Waals surface area contributed by atoms with Gasteiger partial charge in [-0.1, -0.05) is 36.8 Å². The van der Waals surface area contributed by atoms with Crippen LogP contribution in [0.2, 0.25) is 0 Å². The summed E-state index contributed by atoms with van der Waals surface area (Å²) in [6.45, 7) is 8.58. The van der Waals surface area contributed by atoms with E-state index in [1.54, 1.807) is 6.92 Å². The second-order valence-electron chi connectivity index (χ2n) is 2.44. The van der Waals surface area contributed by atoms with Crippen LogP contribution < -0.4 is 0 Å². The van der Waals surface area contributed by atoms with Crippen LogP contribution >= 0.6 is 0 Å². The molecule has 0 aromatic heterocycles. The van der Waals surface area contributed by atoms with E-state index in [1.165, 1.54) is 12.2 Å². The number of aliphatic hydroxyl groups excluding tert-OH is 1. The van der Waals surface area contributed by atoms with E-state index in [9.17, 15) is 0 Å². The van der Waals surface area contributed by atoms with Crippen molar-refractivity contribution in [2.75, 3.05) is 6.61 Å². The Kier molecular flexibility index (Phi) is 4.61. The van der Waals surface area contributed by atoms with Gasteiger partial charge in [-0.05, 0) is 19.1 Å². The largest absolute Gasteiger partial charge is 0.394 e. The minimum atomic E-state index is -0.664. The van der Waals surface area contributed by atoms with Gasteiger partial charge in [-0.15, -0.1) is 0 Å². The second kappa shape index (κ2) is 5.24. The first kappa shape index (κ1) is 10.6. The summed E-state index contributed by atoms with van der Waals surface area (Å²) in [6, 6.07) is 0. The molecule has 0 amide bonds. The highest BCUT2D eigenvalue weighted by Crippen LogP contribution is 2.11. The maximum Gasteiger partial charge on any atom is 0.113 e. The fourth-order valence-corrected chi connectivity index (χ4v) is 0.531. The molecule has 0 heterocycles. The maximum atomic E-state index is 8.96. The van der Waals surface area contributed by atoms with E-state index >= 15 is 0 Å². The number of hydrogen-bond acceptors (Lipinski definition) is 1. The number of hydrogen-bond donors (Lipinski definition) is 1. The van der Waals surface area contributed by atoms with E-state index < -0.39 is 5.41 Å². The quantitative estimate of drug-likeness (QED) is 0.574. The summed E-state index contributed by atoms with van der Waals surface area (Å²) in [7, 11) is 0. The first-order valence-electron chi connectivity index (χ1n) is 3.56. The van der Waals surface area contributed by atoms with Crippen LogP contribution in [0.1, 0.15) is 6.92 Å². The molecule has 0 aromatic rings. The molecule has 0 aromatic carbocycles. The molecule has 0 aliphatic carbocycles. The van der Waals surface area contributed by atoms with E-state index in [4.69, 9.17) is 5.11 Å². The van der Waals surface area contributed by atoms with E-state index in [0.29, 0.717) is 0 Å². The third-order valence-electron chi connectivity index (χ3n) is 1.22. The molecule has 0 saturated heterocycles. The van der Waals surface area contributed by atoms with Gasteiger partial charge < -0.3 is 5.11 Å². The van der Waals surface area contributed by atoms with Crippen molar-refractivity contribution in [1.82, 2.24) is 0 Å². The zero-order valence-corrected chi connectivity index (χ0v) is 7.22. The zero-order chi connectivity index (χ0) is 9.45. The van der Waals surface area contributed by atoms with Crippen molar-refractivity contribution in [1.29, 1.82) is 0 Å². The van der Waals surface area contributed by atoms with Crippen molar-refractivity contribution in [2.45, 2.75) is 6.92 Å². The third-order valence-corrected chi connectivity index (χ3v) is 1.22. The molecule has 1 N–H and O–H groups in total. The predicted octanol–water partition coefficient (Wildman–Crippen LogP) is 1.36. The van der Waals surface area contributed by atoms with Gasteiger partial charge in [0.2, 0.25) is 0 Å². The Balaban J connectivity index is 4.66. The number of rotatable bonds is 1. The Morgan fingerprint density at radius 1 is 1.25 bits per heavy atom. The molecule has 0 saturated carbocycles. The van der Waals surface area contributed by atoms with Crippen LogP contribution in [0.15, 0.2) is 25.3 Å². The SMILES string of the molecule is C=CC#CC(C)(C#CC=C)CO. The lowest BCUT2D eigenvalue weighted by Crippen LogP contribution is -2.16. The van der Waals surface area contributed by atoms with Crippen molar-refractivity contribution in [2.24, 2.45) is 5.41 Å². The van der Waals surface area contributed by atoms with Crippen molar-refractivity contribution >= 4 is 0 Å². The Labute approximate surface area is 73.8 Å². The highest BCUT2D eigenvalue weighted by Gasteiger charge is 2.15. The fourth-order valence-electron chi connectivity index (χ4n) is 0.531. The highest BCUT2D eigenvalue weighted by molar-refractivity contribution is 5.30. The Hall–Kier alpha value is -1.44. The summed E-state index contributed by atoms with van der Waals surface area (Å²) in [6.07, 6.45) is 2.95. The fraction of sp³-hybridized carbons (Fsp3) is 0.273. The summed E-state index contributed by atoms with van der Waals surface area (Å²) >= 11 is 0. The van der Waals surface area contributed by atoms with Crippen molar-refractivity contribution in [3.8, 4) is 23.7 Å². The number of aliphatic hydroxyl groups is 1. The summed E-state index contributed by atoms with van der Waals surface area (Å²) in [4.78, 5) is 0. The lowest BCUT2D eigenvalue weighted by Gasteiger charge is -2.10. The molecule has 0 atom stereocenters. The molecule has 62 valence electrons. The van der Waals surface area contributed by atoms with Gasteiger partial charge in [0.05, 0.1) is 6.61 Å². The van der Waals surface area contributed by atoms with Crippen LogP contribution in [0.3, 0.4) is 0 Å². The highest BCUT2D eigenvalue weighted by atomic mass is 16.3. The van der Waals surface area contributed by atoms with Gasteiger partial charge >= 0.3 is 0 Å². The minimum Gasteiger partial charge on any atom is -0.394 e. The van der Waals surface area contributed by atoms with E-state index in [1.807, 2.05) is 0 Å². The molecule has 12 heavy (non-hydrogen) atoms. The van der Waals surface area contributed by atoms with Crippen LogP contribution in [0.5, 0.6) is 0 Å². The minimum absolute atomic E-state index is 0.0886. The Morgan fingerprint density at radius 2 is 1.67 bits per heavy atom. The van der Waals surface area contributed by atoms with Gasteiger partial charge in [0.25, 0.3) is 0 Å². The number of allylic oxidation sites excluding steroid dienone is 2. The normalized spacial score (nSPS) is 8.50. The maximum absolute atomic E-state index is 8.96. The molecule has 1 heteroatoms. The molecule has 0 fully saturated rings. The molecule has 0 rings (SSSR count). The molecule has 0 radical (unpaired) electrons. The molecule has 1 nitrogen and oxygen atoms in total. The van der Waals surface area contributed by atoms with Crippen LogP contribution in [0.4, 0.5) is 0 Å². The van der Waals surface area contributed by atoms with Gasteiger partial charge in [0.15, 0.2) is 0 Å². The zero-order valence-electron chi connectivity index (χ0n) is 7.22. The van der Waals surface area contributed by atoms with Gasteiger partial charge in [0, 0.05) is 0 Å². The van der Waals surface area contributed by atoms with Gasteiger partial charge in [-0.3, -0.25) is 0 Å². The lowest BCUT2D eigenvalue weighted by atomic mass is 9.93. The molecular formula is C11H12O. The van der Waals surface area contributed by atoms with Gasteiger partial charge in [-0.25, -0.2) is 0 Å². The van der Waals surface area contributed by atoms with Crippen LogP contribution in [-0.2, 0) is 0 Å². The third kappa shape index (κ3) is 3.66. The van der Waals surface area contributed by atoms with Crippen molar-refractivity contribution < 1.29 is 5.11 Å². The van der Waals surface area contributed by atoms with Crippen LogP contribution in [0, 0.1) is 29.1 Å². The summed E-state index contributed by atoms with van der Waals surface area (Å²) in [5, 5.41) is 8.96. The van der Waals surface area contributed by atoms with E-state index in [2.05, 4.69) is 36.8 Å².